The van der Waals surface area contributed by atoms with Crippen LogP contribution in [0.5, 0.6) is 0 Å². The second kappa shape index (κ2) is 7.61. The Kier molecular flexibility index (Phi) is 4.70. The number of hydrazone groups is 1. The monoisotopic (exact) mass is 358 g/mol. The standard InChI is InChI=1S/C21H15FN4O/c22-17-11-13-18(14-12-17)24-25-19(15-7-3-1-4-8-15)20-23-21(27-26-20)16-9-5-2-6-10-16/h1-14,24H/b25-19+. The van der Waals surface area contributed by atoms with E-state index in [4.69, 9.17) is 4.52 Å². The van der Waals surface area contributed by atoms with E-state index in [1.54, 1.807) is 12.1 Å². The average molecular weight is 358 g/mol. The molecule has 0 saturated heterocycles. The molecule has 0 radical (unpaired) electrons. The predicted octanol–water partition coefficient (Wildman–Crippen LogP) is 4.74. The van der Waals surface area contributed by atoms with Crippen LogP contribution in [0.25, 0.3) is 11.5 Å². The van der Waals surface area contributed by atoms with E-state index < -0.39 is 0 Å². The van der Waals surface area contributed by atoms with Gasteiger partial charge in [-0.25, -0.2) is 4.39 Å². The van der Waals surface area contributed by atoms with Gasteiger partial charge in [-0.15, -0.1) is 0 Å². The molecule has 0 atom stereocenters. The molecule has 1 N–H and O–H groups in total. The zero-order valence-corrected chi connectivity index (χ0v) is 14.2. The summed E-state index contributed by atoms with van der Waals surface area (Å²) in [6, 6.07) is 25.0. The lowest BCUT2D eigenvalue weighted by Crippen LogP contribution is -2.08. The van der Waals surface area contributed by atoms with Gasteiger partial charge in [0.05, 0.1) is 5.69 Å². The second-order valence-electron chi connectivity index (χ2n) is 5.73. The van der Waals surface area contributed by atoms with Crippen LogP contribution in [-0.2, 0) is 0 Å². The van der Waals surface area contributed by atoms with Gasteiger partial charge in [0.25, 0.3) is 5.89 Å². The van der Waals surface area contributed by atoms with Crippen molar-refractivity contribution in [2.75, 3.05) is 5.43 Å². The van der Waals surface area contributed by atoms with E-state index in [0.29, 0.717) is 23.1 Å². The van der Waals surface area contributed by atoms with Gasteiger partial charge in [0, 0.05) is 11.1 Å². The van der Waals surface area contributed by atoms with Gasteiger partial charge in [0.1, 0.15) is 11.5 Å². The van der Waals surface area contributed by atoms with Crippen molar-refractivity contribution in [2.45, 2.75) is 0 Å². The number of nitrogens with one attached hydrogen (secondary N) is 1. The third-order valence-corrected chi connectivity index (χ3v) is 3.85. The first-order chi connectivity index (χ1) is 13.3. The molecule has 1 aromatic heterocycles. The van der Waals surface area contributed by atoms with Gasteiger partial charge in [-0.05, 0) is 36.4 Å². The minimum Gasteiger partial charge on any atom is -0.334 e. The molecule has 0 aliphatic carbocycles. The molecule has 0 spiro atoms. The Hall–Kier alpha value is -3.80. The third kappa shape index (κ3) is 3.90. The largest absolute Gasteiger partial charge is 0.334 e. The summed E-state index contributed by atoms with van der Waals surface area (Å²) in [5.74, 6) is 0.462. The van der Waals surface area contributed by atoms with Crippen LogP contribution in [0.15, 0.2) is 94.6 Å². The number of rotatable bonds is 5. The number of aromatic nitrogens is 2. The molecule has 0 amide bonds. The maximum absolute atomic E-state index is 13.1. The van der Waals surface area contributed by atoms with Gasteiger partial charge in [0.2, 0.25) is 5.82 Å². The fraction of sp³-hybridized carbons (Fsp3) is 0. The van der Waals surface area contributed by atoms with Crippen LogP contribution < -0.4 is 5.43 Å². The van der Waals surface area contributed by atoms with E-state index >= 15 is 0 Å². The molecule has 0 fully saturated rings. The minimum absolute atomic E-state index is 0.307. The molecule has 4 aromatic rings. The van der Waals surface area contributed by atoms with Crippen LogP contribution >= 0.6 is 0 Å². The van der Waals surface area contributed by atoms with Crippen molar-refractivity contribution in [2.24, 2.45) is 5.10 Å². The van der Waals surface area contributed by atoms with E-state index in [1.165, 1.54) is 12.1 Å². The van der Waals surface area contributed by atoms with Crippen molar-refractivity contribution < 1.29 is 8.91 Å². The van der Waals surface area contributed by atoms with Gasteiger partial charge in [-0.2, -0.15) is 10.1 Å². The Bertz CT molecular complexity index is 1040. The Morgan fingerprint density at radius 3 is 2.22 bits per heavy atom. The highest BCUT2D eigenvalue weighted by Gasteiger charge is 2.16. The van der Waals surface area contributed by atoms with Gasteiger partial charge in [0.15, 0.2) is 0 Å². The van der Waals surface area contributed by atoms with E-state index in [0.717, 1.165) is 11.1 Å². The van der Waals surface area contributed by atoms with Crippen LogP contribution in [0.3, 0.4) is 0 Å². The lowest BCUT2D eigenvalue weighted by Gasteiger charge is -2.04. The minimum atomic E-state index is -0.307. The average Bonchev–Trinajstić information content (AvgIpc) is 3.21. The number of benzene rings is 3. The Labute approximate surface area is 155 Å². The molecule has 1 heterocycles. The Morgan fingerprint density at radius 1 is 0.852 bits per heavy atom. The van der Waals surface area contributed by atoms with Gasteiger partial charge in [-0.1, -0.05) is 53.7 Å². The molecule has 0 bridgehead atoms. The molecular formula is C21H15FN4O. The van der Waals surface area contributed by atoms with E-state index in [2.05, 4.69) is 20.7 Å². The molecule has 3 aromatic carbocycles. The molecule has 4 rings (SSSR count). The maximum atomic E-state index is 13.1. The molecule has 0 saturated carbocycles. The van der Waals surface area contributed by atoms with Crippen molar-refractivity contribution in [1.82, 2.24) is 10.1 Å². The molecule has 132 valence electrons. The fourth-order valence-corrected chi connectivity index (χ4v) is 2.50. The van der Waals surface area contributed by atoms with Crippen LogP contribution in [0, 0.1) is 5.82 Å². The van der Waals surface area contributed by atoms with Gasteiger partial charge >= 0.3 is 0 Å². The zero-order valence-electron chi connectivity index (χ0n) is 14.2. The highest BCUT2D eigenvalue weighted by atomic mass is 19.1. The first-order valence-corrected chi connectivity index (χ1v) is 8.34. The number of anilines is 1. The lowest BCUT2D eigenvalue weighted by atomic mass is 10.1. The van der Waals surface area contributed by atoms with E-state index in [-0.39, 0.29) is 5.82 Å². The quantitative estimate of drug-likeness (QED) is 0.413. The fourth-order valence-electron chi connectivity index (χ4n) is 2.50. The van der Waals surface area contributed by atoms with Crippen LogP contribution in [0.2, 0.25) is 0 Å². The van der Waals surface area contributed by atoms with E-state index in [9.17, 15) is 4.39 Å². The Morgan fingerprint density at radius 2 is 1.52 bits per heavy atom. The van der Waals surface area contributed by atoms with Crippen molar-refractivity contribution in [1.29, 1.82) is 0 Å². The topological polar surface area (TPSA) is 63.3 Å². The maximum Gasteiger partial charge on any atom is 0.258 e. The van der Waals surface area contributed by atoms with E-state index in [1.807, 2.05) is 60.7 Å². The Balaban J connectivity index is 1.69. The lowest BCUT2D eigenvalue weighted by molar-refractivity contribution is 0.429. The van der Waals surface area contributed by atoms with Crippen molar-refractivity contribution >= 4 is 11.4 Å². The third-order valence-electron chi connectivity index (χ3n) is 3.85. The number of halogens is 1. The van der Waals surface area contributed by atoms with Crippen LogP contribution in [-0.4, -0.2) is 15.9 Å². The summed E-state index contributed by atoms with van der Waals surface area (Å²) in [5, 5.41) is 8.51. The van der Waals surface area contributed by atoms with Gasteiger partial charge in [-0.3, -0.25) is 5.43 Å². The predicted molar refractivity (Wildman–Crippen MR) is 102 cm³/mol. The molecule has 27 heavy (non-hydrogen) atoms. The number of hydrogen-bond donors (Lipinski definition) is 1. The van der Waals surface area contributed by atoms with Crippen LogP contribution in [0.1, 0.15) is 11.4 Å². The smallest absolute Gasteiger partial charge is 0.258 e. The van der Waals surface area contributed by atoms with Crippen molar-refractivity contribution in [3.63, 3.8) is 0 Å². The number of nitrogens with zero attached hydrogens (tertiary/aromatic N) is 3. The summed E-state index contributed by atoms with van der Waals surface area (Å²) in [6.07, 6.45) is 0. The van der Waals surface area contributed by atoms with Crippen LogP contribution in [0.4, 0.5) is 10.1 Å². The number of hydrogen-bond acceptors (Lipinski definition) is 5. The highest BCUT2D eigenvalue weighted by Crippen LogP contribution is 2.18. The summed E-state index contributed by atoms with van der Waals surface area (Å²) in [4.78, 5) is 4.48. The normalized spacial score (nSPS) is 11.4. The van der Waals surface area contributed by atoms with Gasteiger partial charge < -0.3 is 4.52 Å². The SMILES string of the molecule is Fc1ccc(N/N=C(\c2ccccc2)c2noc(-c3ccccc3)n2)cc1. The summed E-state index contributed by atoms with van der Waals surface area (Å²) >= 11 is 0. The molecular weight excluding hydrogens is 343 g/mol. The zero-order chi connectivity index (χ0) is 18.5. The molecule has 5 nitrogen and oxygen atoms in total. The summed E-state index contributed by atoms with van der Waals surface area (Å²) in [6.45, 7) is 0. The first-order valence-electron chi connectivity index (χ1n) is 8.34. The van der Waals surface area contributed by atoms with Crippen molar-refractivity contribution in [3.8, 4) is 11.5 Å². The molecule has 0 aliphatic heterocycles. The first kappa shape index (κ1) is 16.7. The summed E-state index contributed by atoms with van der Waals surface area (Å²) in [5.41, 5.74) is 5.74. The molecule has 6 heteroatoms. The van der Waals surface area contributed by atoms with Crippen molar-refractivity contribution in [3.05, 3.63) is 102 Å². The summed E-state index contributed by atoms with van der Waals surface area (Å²) < 4.78 is 18.5. The highest BCUT2D eigenvalue weighted by molar-refractivity contribution is 6.10. The summed E-state index contributed by atoms with van der Waals surface area (Å²) in [7, 11) is 0. The molecule has 0 aliphatic rings. The molecule has 0 unspecified atom stereocenters. The second-order valence-corrected chi connectivity index (χ2v) is 5.73.